The number of carbonyl (C=O) groups excluding carboxylic acids is 3. The lowest BCUT2D eigenvalue weighted by Crippen LogP contribution is -2.45. The van der Waals surface area contributed by atoms with Crippen molar-refractivity contribution >= 4 is 50.0 Å². The molecule has 0 spiro atoms. The molecule has 0 N–H and O–H groups in total. The summed E-state index contributed by atoms with van der Waals surface area (Å²) in [7, 11) is 1.39. The average molecular weight is 637 g/mol. The van der Waals surface area contributed by atoms with Crippen LogP contribution >= 0.6 is 11.3 Å². The lowest BCUT2D eigenvalue weighted by atomic mass is 9.90. The fourth-order valence-corrected chi connectivity index (χ4v) is 8.37. The Bertz CT molecular complexity index is 1770. The zero-order chi connectivity index (χ0) is 31.7. The molecule has 0 unspecified atom stereocenters. The van der Waals surface area contributed by atoms with Gasteiger partial charge in [0.15, 0.2) is 5.78 Å². The summed E-state index contributed by atoms with van der Waals surface area (Å²) in [6, 6.07) is 21.9. The van der Waals surface area contributed by atoms with Crippen LogP contribution < -0.4 is 4.74 Å². The van der Waals surface area contributed by atoms with E-state index in [1.807, 2.05) is 36.4 Å². The first-order valence-electron chi connectivity index (χ1n) is 16.5. The van der Waals surface area contributed by atoms with E-state index in [1.54, 1.807) is 4.90 Å². The van der Waals surface area contributed by atoms with Crippen LogP contribution in [0.3, 0.4) is 0 Å². The molecular weight excluding hydrogens is 596 g/mol. The van der Waals surface area contributed by atoms with Crippen LogP contribution in [-0.4, -0.2) is 53.3 Å². The monoisotopic (exact) mass is 636 g/mol. The predicted molar refractivity (Wildman–Crippen MR) is 180 cm³/mol. The zero-order valence-electron chi connectivity index (χ0n) is 26.2. The summed E-state index contributed by atoms with van der Waals surface area (Å²) in [4.78, 5) is 48.2. The third-order valence-electron chi connectivity index (χ3n) is 10.1. The third kappa shape index (κ3) is 6.19. The van der Waals surface area contributed by atoms with Crippen LogP contribution in [0.1, 0.15) is 56.9 Å². The first-order valence-corrected chi connectivity index (χ1v) is 17.3. The van der Waals surface area contributed by atoms with Gasteiger partial charge in [-0.2, -0.15) is 0 Å². The fraction of sp³-hybridized carbons (Fsp3) is 0.421. The molecule has 1 aliphatic carbocycles. The van der Waals surface area contributed by atoms with Gasteiger partial charge in [-0.25, -0.2) is 4.98 Å². The van der Waals surface area contributed by atoms with Crippen molar-refractivity contribution < 1.29 is 23.9 Å². The van der Waals surface area contributed by atoms with E-state index in [2.05, 4.69) is 47.5 Å². The van der Waals surface area contributed by atoms with E-state index in [9.17, 15) is 14.4 Å². The predicted octanol–water partition coefficient (Wildman–Crippen LogP) is 7.32. The molecule has 7 rings (SSSR count). The van der Waals surface area contributed by atoms with Crippen molar-refractivity contribution in [3.63, 3.8) is 0 Å². The molecule has 3 aliphatic rings. The van der Waals surface area contributed by atoms with Crippen molar-refractivity contribution in [2.75, 3.05) is 13.7 Å². The van der Waals surface area contributed by atoms with Crippen LogP contribution in [-0.2, 0) is 25.5 Å². The second-order valence-electron chi connectivity index (χ2n) is 13.2. The SMILES string of the molecule is COC(=O)[C@]12CC(=O)[C@@H]3C[C@@H](Oc4nc5ccccc5s4)CN3C(=O)[C@@H](Cc3ccc4ccccc4c3)CCCCC/C=C\[C@@H]1C2. The minimum atomic E-state index is -0.853. The van der Waals surface area contributed by atoms with Crippen LogP contribution in [0.5, 0.6) is 5.19 Å². The van der Waals surface area contributed by atoms with E-state index >= 15 is 0 Å². The number of carbonyl (C=O) groups is 3. The molecule has 0 radical (unpaired) electrons. The number of esters is 1. The Balaban J connectivity index is 1.19. The lowest BCUT2D eigenvalue weighted by molar-refractivity contribution is -0.150. The number of Topliss-reactive ketones (excluding diaryl/α,β-unsaturated/α-hetero) is 1. The Morgan fingerprint density at radius 3 is 2.70 bits per heavy atom. The number of para-hydroxylation sites is 1. The molecule has 1 aromatic heterocycles. The summed E-state index contributed by atoms with van der Waals surface area (Å²) in [6.07, 6.45) is 10.2. The van der Waals surface area contributed by atoms with Crippen molar-refractivity contribution in [3.05, 3.63) is 84.4 Å². The lowest BCUT2D eigenvalue weighted by Gasteiger charge is -2.29. The number of ketones is 1. The van der Waals surface area contributed by atoms with Gasteiger partial charge >= 0.3 is 5.97 Å². The molecule has 1 amide bonds. The number of amides is 1. The van der Waals surface area contributed by atoms with Gasteiger partial charge in [0.2, 0.25) is 5.91 Å². The van der Waals surface area contributed by atoms with E-state index in [0.29, 0.717) is 31.0 Å². The minimum absolute atomic E-state index is 0.00521. The van der Waals surface area contributed by atoms with Gasteiger partial charge in [0, 0.05) is 18.8 Å². The molecule has 2 aliphatic heterocycles. The van der Waals surface area contributed by atoms with E-state index in [4.69, 9.17) is 9.47 Å². The molecule has 8 heteroatoms. The van der Waals surface area contributed by atoms with Gasteiger partial charge in [-0.1, -0.05) is 90.9 Å². The summed E-state index contributed by atoms with van der Waals surface area (Å²) < 4.78 is 12.6. The number of benzene rings is 3. The molecule has 3 aromatic carbocycles. The van der Waals surface area contributed by atoms with E-state index in [1.165, 1.54) is 23.8 Å². The number of fused-ring (bicyclic) bond motifs is 4. The molecule has 46 heavy (non-hydrogen) atoms. The Labute approximate surface area is 273 Å². The highest BCUT2D eigenvalue weighted by Gasteiger charge is 2.61. The van der Waals surface area contributed by atoms with Crippen LogP contribution in [0.15, 0.2) is 78.9 Å². The quantitative estimate of drug-likeness (QED) is 0.169. The van der Waals surface area contributed by atoms with Gasteiger partial charge in [0.25, 0.3) is 5.19 Å². The Morgan fingerprint density at radius 1 is 1.02 bits per heavy atom. The first-order chi connectivity index (χ1) is 22.4. The molecule has 238 valence electrons. The fourth-order valence-electron chi connectivity index (χ4n) is 7.49. The van der Waals surface area contributed by atoms with Crippen LogP contribution in [0.25, 0.3) is 21.0 Å². The van der Waals surface area contributed by atoms with Crippen molar-refractivity contribution in [3.8, 4) is 5.19 Å². The van der Waals surface area contributed by atoms with Gasteiger partial charge in [-0.15, -0.1) is 0 Å². The number of ether oxygens (including phenoxy) is 2. The summed E-state index contributed by atoms with van der Waals surface area (Å²) in [5.74, 6) is -0.720. The van der Waals surface area contributed by atoms with Gasteiger partial charge in [-0.05, 0) is 66.5 Å². The maximum atomic E-state index is 14.6. The Morgan fingerprint density at radius 2 is 1.85 bits per heavy atom. The molecule has 5 atom stereocenters. The highest BCUT2D eigenvalue weighted by molar-refractivity contribution is 7.20. The van der Waals surface area contributed by atoms with Crippen LogP contribution in [0.4, 0.5) is 0 Å². The summed E-state index contributed by atoms with van der Waals surface area (Å²) in [6.45, 7) is 0.313. The van der Waals surface area contributed by atoms with Gasteiger partial charge in [0.1, 0.15) is 6.10 Å². The van der Waals surface area contributed by atoms with Crippen molar-refractivity contribution in [1.29, 1.82) is 0 Å². The molecule has 2 fully saturated rings. The standard InChI is InChI=1S/C38H40N2O5S/c1-44-36(43)38-22-29(38)14-6-4-2-3-5-13-28(20-25-17-18-26-11-7-8-12-27(26)19-25)35(42)40-24-30(21-32(40)33(41)23-38)45-37-39-31-15-9-10-16-34(31)46-37/h6-12,14-19,28-30,32H,2-5,13,20-24H2,1H3/b14-6-/t28-,29-,30-,32+,38-/m1/s1. The van der Waals surface area contributed by atoms with Crippen molar-refractivity contribution in [1.82, 2.24) is 9.88 Å². The van der Waals surface area contributed by atoms with Crippen molar-refractivity contribution in [2.45, 2.75) is 69.9 Å². The molecule has 4 aromatic rings. The number of thiazole rings is 1. The minimum Gasteiger partial charge on any atom is -0.469 e. The molecule has 0 bridgehead atoms. The number of rotatable bonds is 5. The number of nitrogens with zero attached hydrogens (tertiary/aromatic N) is 2. The molecule has 1 saturated heterocycles. The van der Waals surface area contributed by atoms with E-state index in [-0.39, 0.29) is 42.0 Å². The highest BCUT2D eigenvalue weighted by atomic mass is 32.1. The van der Waals surface area contributed by atoms with Gasteiger partial charge in [-0.3, -0.25) is 14.4 Å². The smallest absolute Gasteiger partial charge is 0.312 e. The molecular formula is C38H40N2O5S. The highest BCUT2D eigenvalue weighted by Crippen LogP contribution is 2.57. The zero-order valence-corrected chi connectivity index (χ0v) is 27.0. The average Bonchev–Trinajstić information content (AvgIpc) is 3.38. The Hall–Kier alpha value is -4.04. The van der Waals surface area contributed by atoms with Crippen molar-refractivity contribution in [2.24, 2.45) is 17.3 Å². The second-order valence-corrected chi connectivity index (χ2v) is 14.2. The molecule has 1 saturated carbocycles. The summed E-state index contributed by atoms with van der Waals surface area (Å²) in [5, 5.41) is 2.87. The third-order valence-corrected chi connectivity index (χ3v) is 11.0. The van der Waals surface area contributed by atoms with Crippen LogP contribution in [0.2, 0.25) is 0 Å². The summed E-state index contributed by atoms with van der Waals surface area (Å²) >= 11 is 1.47. The van der Waals surface area contributed by atoms with Crippen LogP contribution in [0, 0.1) is 17.3 Å². The first kappa shape index (κ1) is 30.6. The number of hydrogen-bond acceptors (Lipinski definition) is 7. The normalized spacial score (nSPS) is 27.8. The van der Waals surface area contributed by atoms with Gasteiger partial charge < -0.3 is 14.4 Å². The number of allylic oxidation sites excluding steroid dienone is 2. The number of aromatic nitrogens is 1. The maximum absolute atomic E-state index is 14.6. The maximum Gasteiger partial charge on any atom is 0.312 e. The molecule has 3 heterocycles. The molecule has 7 nitrogen and oxygen atoms in total. The van der Waals surface area contributed by atoms with Gasteiger partial charge in [0.05, 0.1) is 35.3 Å². The Kier molecular flexibility index (Phi) is 8.64. The topological polar surface area (TPSA) is 85.8 Å². The van der Waals surface area contributed by atoms with E-state index < -0.39 is 11.5 Å². The second kappa shape index (κ2) is 13.0. The van der Waals surface area contributed by atoms with E-state index in [0.717, 1.165) is 53.3 Å². The number of methoxy groups -OCH3 is 1. The number of hydrogen-bond donors (Lipinski definition) is 0. The largest absolute Gasteiger partial charge is 0.469 e. The summed E-state index contributed by atoms with van der Waals surface area (Å²) in [5.41, 5.74) is 1.13.